The predicted molar refractivity (Wildman–Crippen MR) is 71.0 cm³/mol. The van der Waals surface area contributed by atoms with Gasteiger partial charge < -0.3 is 4.74 Å². The molecule has 2 aromatic rings. The third-order valence-electron chi connectivity index (χ3n) is 2.13. The van der Waals surface area contributed by atoms with E-state index in [-0.39, 0.29) is 5.97 Å². The number of fused-ring (bicyclic) bond motifs is 1. The third-order valence-corrected chi connectivity index (χ3v) is 3.92. The van der Waals surface area contributed by atoms with Crippen molar-refractivity contribution in [1.82, 2.24) is 9.59 Å². The van der Waals surface area contributed by atoms with E-state index in [9.17, 15) is 4.79 Å². The summed E-state index contributed by atoms with van der Waals surface area (Å²) in [4.78, 5) is 12.0. The molecule has 1 aromatic carbocycles. The van der Waals surface area contributed by atoms with Crippen LogP contribution >= 0.6 is 11.5 Å². The van der Waals surface area contributed by atoms with Gasteiger partial charge in [0.1, 0.15) is 5.52 Å². The van der Waals surface area contributed by atoms with Crippen LogP contribution in [-0.4, -0.2) is 29.9 Å². The minimum atomic E-state index is -1.38. The highest BCUT2D eigenvalue weighted by Crippen LogP contribution is 2.21. The molecule has 1 aromatic heterocycles. The van der Waals surface area contributed by atoms with Gasteiger partial charge in [0, 0.05) is 0 Å². The molecule has 2 rings (SSSR count). The molecule has 0 N–H and O–H groups in total. The van der Waals surface area contributed by atoms with Crippen LogP contribution in [0.2, 0.25) is 19.6 Å². The van der Waals surface area contributed by atoms with E-state index in [4.69, 9.17) is 4.74 Å². The number of nitrogens with zero attached hydrogens (tertiary/aromatic N) is 2. The highest BCUT2D eigenvalue weighted by Gasteiger charge is 2.19. The van der Waals surface area contributed by atoms with Crippen LogP contribution in [0, 0.1) is 0 Å². The highest BCUT2D eigenvalue weighted by atomic mass is 32.1. The van der Waals surface area contributed by atoms with Gasteiger partial charge >= 0.3 is 5.97 Å². The fraction of sp³-hybridized carbons (Fsp3) is 0.364. The zero-order chi connectivity index (χ0) is 12.5. The summed E-state index contributed by atoms with van der Waals surface area (Å²) >= 11 is 1.23. The minimum Gasteiger partial charge on any atom is -0.466 e. The van der Waals surface area contributed by atoms with Crippen LogP contribution in [0.4, 0.5) is 0 Å². The van der Waals surface area contributed by atoms with Crippen molar-refractivity contribution in [3.05, 3.63) is 23.8 Å². The zero-order valence-electron chi connectivity index (χ0n) is 10.1. The van der Waals surface area contributed by atoms with E-state index in [1.807, 2.05) is 6.07 Å². The molecule has 0 atom stereocenters. The van der Waals surface area contributed by atoms with Gasteiger partial charge in [0.25, 0.3) is 0 Å². The number of carbonyl (C=O) groups is 1. The van der Waals surface area contributed by atoms with Gasteiger partial charge in [-0.2, -0.15) is 0 Å². The predicted octanol–water partition coefficient (Wildman–Crippen LogP) is 2.73. The maximum Gasteiger partial charge on any atom is 0.339 e. The average Bonchev–Trinajstić information content (AvgIpc) is 2.72. The maximum absolute atomic E-state index is 12.0. The fourth-order valence-corrected chi connectivity index (χ4v) is 2.55. The van der Waals surface area contributed by atoms with Crippen molar-refractivity contribution < 1.29 is 9.53 Å². The molecule has 0 fully saturated rings. The average molecular weight is 266 g/mol. The standard InChI is InChI=1S/C11H14N2O2SSi/c1-17(2,3)7-15-11(14)8-5-4-6-9-10(8)16-13-12-9/h4-6H,7H2,1-3H3. The van der Waals surface area contributed by atoms with E-state index in [1.165, 1.54) is 11.5 Å². The number of esters is 1. The van der Waals surface area contributed by atoms with Crippen LogP contribution in [0.25, 0.3) is 10.2 Å². The molecule has 0 aliphatic heterocycles. The number of ether oxygens (including phenoxy) is 1. The minimum absolute atomic E-state index is 0.274. The number of rotatable bonds is 3. The molecule has 0 radical (unpaired) electrons. The molecule has 0 aliphatic rings. The molecule has 6 heteroatoms. The first kappa shape index (κ1) is 12.2. The Morgan fingerprint density at radius 1 is 1.41 bits per heavy atom. The Labute approximate surface area is 105 Å². The number of carbonyl (C=O) groups excluding carboxylic acids is 1. The van der Waals surface area contributed by atoms with Gasteiger partial charge in [0.2, 0.25) is 0 Å². The van der Waals surface area contributed by atoms with E-state index in [1.54, 1.807) is 12.1 Å². The number of benzene rings is 1. The van der Waals surface area contributed by atoms with Gasteiger partial charge in [-0.05, 0) is 23.7 Å². The first-order valence-corrected chi connectivity index (χ1v) is 9.84. The molecule has 0 amide bonds. The summed E-state index contributed by atoms with van der Waals surface area (Å²) < 4.78 is 9.99. The van der Waals surface area contributed by atoms with Crippen molar-refractivity contribution in [2.45, 2.75) is 19.6 Å². The van der Waals surface area contributed by atoms with Crippen LogP contribution in [-0.2, 0) is 4.74 Å². The van der Waals surface area contributed by atoms with Crippen LogP contribution in [0.15, 0.2) is 18.2 Å². The molecular formula is C11H14N2O2SSi. The van der Waals surface area contributed by atoms with E-state index in [0.717, 1.165) is 10.2 Å². The van der Waals surface area contributed by atoms with Crippen molar-refractivity contribution >= 4 is 35.8 Å². The molecule has 0 saturated carbocycles. The SMILES string of the molecule is C[Si](C)(C)COC(=O)c1cccc2nnsc12. The number of hydrogen-bond acceptors (Lipinski definition) is 5. The van der Waals surface area contributed by atoms with Crippen molar-refractivity contribution in [3.63, 3.8) is 0 Å². The fourth-order valence-electron chi connectivity index (χ4n) is 1.33. The highest BCUT2D eigenvalue weighted by molar-refractivity contribution is 7.13. The van der Waals surface area contributed by atoms with Gasteiger partial charge in [-0.15, -0.1) is 5.10 Å². The molecule has 1 heterocycles. The van der Waals surface area contributed by atoms with Gasteiger partial charge in [-0.3, -0.25) is 0 Å². The lowest BCUT2D eigenvalue weighted by molar-refractivity contribution is 0.0568. The maximum atomic E-state index is 12.0. The van der Waals surface area contributed by atoms with E-state index < -0.39 is 8.07 Å². The van der Waals surface area contributed by atoms with Gasteiger partial charge in [0.05, 0.1) is 24.6 Å². The molecule has 0 spiro atoms. The van der Waals surface area contributed by atoms with E-state index in [2.05, 4.69) is 29.2 Å². The second kappa shape index (κ2) is 4.54. The van der Waals surface area contributed by atoms with Gasteiger partial charge in [-0.1, -0.05) is 30.2 Å². The summed E-state index contributed by atoms with van der Waals surface area (Å²) in [6.07, 6.45) is 0.536. The molecule has 0 aliphatic carbocycles. The second-order valence-electron chi connectivity index (χ2n) is 5.06. The summed E-state index contributed by atoms with van der Waals surface area (Å²) in [5, 5.41) is 3.94. The Morgan fingerprint density at radius 3 is 2.88 bits per heavy atom. The Hall–Kier alpha value is -1.27. The summed E-state index contributed by atoms with van der Waals surface area (Å²) in [6, 6.07) is 5.40. The van der Waals surface area contributed by atoms with Crippen LogP contribution in [0.5, 0.6) is 0 Å². The van der Waals surface area contributed by atoms with Gasteiger partial charge in [0.15, 0.2) is 0 Å². The van der Waals surface area contributed by atoms with Crippen molar-refractivity contribution in [3.8, 4) is 0 Å². The smallest absolute Gasteiger partial charge is 0.339 e. The Morgan fingerprint density at radius 2 is 2.18 bits per heavy atom. The number of aromatic nitrogens is 2. The van der Waals surface area contributed by atoms with E-state index in [0.29, 0.717) is 11.8 Å². The van der Waals surface area contributed by atoms with Crippen molar-refractivity contribution in [2.75, 3.05) is 6.23 Å². The van der Waals surface area contributed by atoms with Crippen LogP contribution < -0.4 is 0 Å². The molecule has 4 nitrogen and oxygen atoms in total. The lowest BCUT2D eigenvalue weighted by atomic mass is 10.2. The molecular weight excluding hydrogens is 252 g/mol. The summed E-state index contributed by atoms with van der Waals surface area (Å²) in [7, 11) is -1.38. The van der Waals surface area contributed by atoms with Crippen LogP contribution in [0.1, 0.15) is 10.4 Å². The second-order valence-corrected chi connectivity index (χ2v) is 11.2. The monoisotopic (exact) mass is 266 g/mol. The summed E-state index contributed by atoms with van der Waals surface area (Å²) in [5.41, 5.74) is 1.31. The lowest BCUT2D eigenvalue weighted by Gasteiger charge is -2.15. The van der Waals surface area contributed by atoms with Crippen LogP contribution in [0.3, 0.4) is 0 Å². The largest absolute Gasteiger partial charge is 0.466 e. The molecule has 17 heavy (non-hydrogen) atoms. The number of hydrogen-bond donors (Lipinski definition) is 0. The third kappa shape index (κ3) is 2.89. The van der Waals surface area contributed by atoms with Crippen molar-refractivity contribution in [2.24, 2.45) is 0 Å². The normalized spacial score (nSPS) is 11.7. The summed E-state index contributed by atoms with van der Waals surface area (Å²) in [6.45, 7) is 6.49. The zero-order valence-corrected chi connectivity index (χ0v) is 11.9. The molecule has 0 saturated heterocycles. The van der Waals surface area contributed by atoms with E-state index >= 15 is 0 Å². The Bertz CT molecular complexity index is 548. The van der Waals surface area contributed by atoms with Gasteiger partial charge in [-0.25, -0.2) is 4.79 Å². The van der Waals surface area contributed by atoms with Crippen molar-refractivity contribution in [1.29, 1.82) is 0 Å². The lowest BCUT2D eigenvalue weighted by Crippen LogP contribution is -2.29. The quantitative estimate of drug-likeness (QED) is 0.633. The molecule has 90 valence electrons. The first-order chi connectivity index (χ1) is 7.97. The Balaban J connectivity index is 2.22. The first-order valence-electron chi connectivity index (χ1n) is 5.35. The summed E-state index contributed by atoms with van der Waals surface area (Å²) in [5.74, 6) is -0.274. The Kier molecular flexibility index (Phi) is 3.25. The molecule has 0 unspecified atom stereocenters. The molecule has 0 bridgehead atoms. The topological polar surface area (TPSA) is 52.1 Å².